The summed E-state index contributed by atoms with van der Waals surface area (Å²) in [5.74, 6) is 0.0216. The molecule has 1 atom stereocenters. The molecule has 0 aliphatic heterocycles. The van der Waals surface area contributed by atoms with Crippen molar-refractivity contribution < 1.29 is 4.79 Å². The first kappa shape index (κ1) is 17.0. The van der Waals surface area contributed by atoms with Crippen LogP contribution < -0.4 is 5.32 Å². The van der Waals surface area contributed by atoms with Crippen LogP contribution >= 0.6 is 11.6 Å². The molecule has 0 aromatic heterocycles. The monoisotopic (exact) mass is 296 g/mol. The van der Waals surface area contributed by atoms with E-state index in [1.54, 1.807) is 6.07 Å². The number of unbranched alkanes of at least 4 members (excludes halogenated alkanes) is 1. The van der Waals surface area contributed by atoms with Crippen molar-refractivity contribution in [1.82, 2.24) is 4.90 Å². The Morgan fingerprint density at radius 1 is 1.40 bits per heavy atom. The lowest BCUT2D eigenvalue weighted by Gasteiger charge is -2.27. The van der Waals surface area contributed by atoms with Gasteiger partial charge in [0.25, 0.3) is 0 Å². The first-order valence-corrected chi connectivity index (χ1v) is 7.68. The Hall–Kier alpha value is -1.06. The molecule has 1 N–H and O–H groups in total. The van der Waals surface area contributed by atoms with Crippen LogP contribution in [0.3, 0.4) is 0 Å². The van der Waals surface area contributed by atoms with Crippen LogP contribution in [0.15, 0.2) is 18.2 Å². The van der Waals surface area contributed by atoms with Gasteiger partial charge in [0, 0.05) is 10.7 Å². The summed E-state index contributed by atoms with van der Waals surface area (Å²) in [5.41, 5.74) is 1.81. The van der Waals surface area contributed by atoms with E-state index in [-0.39, 0.29) is 11.9 Å². The van der Waals surface area contributed by atoms with Crippen molar-refractivity contribution in [2.24, 2.45) is 0 Å². The van der Waals surface area contributed by atoms with E-state index in [0.29, 0.717) is 5.02 Å². The summed E-state index contributed by atoms with van der Waals surface area (Å²) in [6, 6.07) is 5.40. The van der Waals surface area contributed by atoms with E-state index in [4.69, 9.17) is 11.6 Å². The van der Waals surface area contributed by atoms with Crippen LogP contribution in [0.4, 0.5) is 5.69 Å². The molecule has 3 nitrogen and oxygen atoms in total. The lowest BCUT2D eigenvalue weighted by atomic mass is 10.1. The van der Waals surface area contributed by atoms with E-state index >= 15 is 0 Å². The topological polar surface area (TPSA) is 32.3 Å². The van der Waals surface area contributed by atoms with Gasteiger partial charge in [0.05, 0.1) is 6.04 Å². The van der Waals surface area contributed by atoms with Gasteiger partial charge in [-0.15, -0.1) is 0 Å². The molecular formula is C16H25ClN2O. The molecule has 1 rings (SSSR count). The number of amides is 1. The summed E-state index contributed by atoms with van der Waals surface area (Å²) in [5, 5.41) is 3.61. The molecule has 0 aliphatic rings. The molecule has 1 unspecified atom stereocenters. The number of likely N-dealkylation sites (N-methyl/N-ethyl adjacent to an activating group) is 1. The number of benzene rings is 1. The van der Waals surface area contributed by atoms with E-state index in [2.05, 4.69) is 24.1 Å². The highest BCUT2D eigenvalue weighted by Gasteiger charge is 2.20. The molecule has 0 fully saturated rings. The second kappa shape index (κ2) is 8.28. The molecule has 0 aliphatic carbocycles. The first-order chi connectivity index (χ1) is 9.49. The van der Waals surface area contributed by atoms with E-state index in [9.17, 15) is 4.79 Å². The second-order valence-electron chi connectivity index (χ2n) is 5.11. The summed E-state index contributed by atoms with van der Waals surface area (Å²) in [6.45, 7) is 10.00. The zero-order valence-corrected chi connectivity index (χ0v) is 13.6. The largest absolute Gasteiger partial charge is 0.324 e. The molecule has 1 aromatic carbocycles. The molecule has 0 saturated carbocycles. The van der Waals surface area contributed by atoms with Crippen LogP contribution in [-0.4, -0.2) is 29.9 Å². The van der Waals surface area contributed by atoms with Crippen molar-refractivity contribution in [3.05, 3.63) is 28.8 Å². The molecule has 0 spiro atoms. The van der Waals surface area contributed by atoms with Gasteiger partial charge in [-0.25, -0.2) is 0 Å². The first-order valence-electron chi connectivity index (χ1n) is 7.30. The number of carbonyl (C=O) groups is 1. The van der Waals surface area contributed by atoms with Crippen molar-refractivity contribution in [3.63, 3.8) is 0 Å². The van der Waals surface area contributed by atoms with Gasteiger partial charge in [-0.3, -0.25) is 9.69 Å². The Morgan fingerprint density at radius 2 is 2.10 bits per heavy atom. The minimum atomic E-state index is -0.134. The van der Waals surface area contributed by atoms with E-state index in [1.807, 2.05) is 26.0 Å². The van der Waals surface area contributed by atoms with Crippen LogP contribution in [0.25, 0.3) is 0 Å². The third-order valence-corrected chi connectivity index (χ3v) is 3.82. The third-order valence-electron chi connectivity index (χ3n) is 3.59. The lowest BCUT2D eigenvalue weighted by Crippen LogP contribution is -2.42. The minimum absolute atomic E-state index is 0.0216. The molecule has 0 heterocycles. The Morgan fingerprint density at radius 3 is 2.70 bits per heavy atom. The smallest absolute Gasteiger partial charge is 0.241 e. The number of nitrogens with zero attached hydrogens (tertiary/aromatic N) is 1. The lowest BCUT2D eigenvalue weighted by molar-refractivity contribution is -0.120. The van der Waals surface area contributed by atoms with Crippen molar-refractivity contribution in [1.29, 1.82) is 0 Å². The van der Waals surface area contributed by atoms with Crippen LogP contribution in [-0.2, 0) is 4.79 Å². The minimum Gasteiger partial charge on any atom is -0.324 e. The maximum Gasteiger partial charge on any atom is 0.241 e. The number of nitrogens with one attached hydrogen (secondary N) is 1. The van der Waals surface area contributed by atoms with Crippen LogP contribution in [0.2, 0.25) is 5.02 Å². The third kappa shape index (κ3) is 4.80. The van der Waals surface area contributed by atoms with Gasteiger partial charge in [0.2, 0.25) is 5.91 Å². The van der Waals surface area contributed by atoms with E-state index < -0.39 is 0 Å². The standard InChI is InChI=1S/C16H25ClN2O/c1-5-7-10-19(6-2)13(4)16(20)18-15-11-14(17)9-8-12(15)3/h8-9,11,13H,5-7,10H2,1-4H3,(H,18,20). The van der Waals surface area contributed by atoms with Crippen LogP contribution in [0, 0.1) is 6.92 Å². The summed E-state index contributed by atoms with van der Waals surface area (Å²) in [6.07, 6.45) is 2.25. The van der Waals surface area contributed by atoms with Gasteiger partial charge in [0.1, 0.15) is 0 Å². The quantitative estimate of drug-likeness (QED) is 0.821. The van der Waals surface area contributed by atoms with Crippen LogP contribution in [0.1, 0.15) is 39.2 Å². The zero-order valence-electron chi connectivity index (χ0n) is 12.9. The predicted octanol–water partition coefficient (Wildman–Crippen LogP) is 4.10. The second-order valence-corrected chi connectivity index (χ2v) is 5.54. The number of halogens is 1. The summed E-state index contributed by atoms with van der Waals surface area (Å²) in [4.78, 5) is 14.5. The van der Waals surface area contributed by atoms with Gasteiger partial charge in [-0.1, -0.05) is 37.9 Å². The Balaban J connectivity index is 2.71. The molecule has 4 heteroatoms. The van der Waals surface area contributed by atoms with Crippen molar-refractivity contribution >= 4 is 23.2 Å². The summed E-state index contributed by atoms with van der Waals surface area (Å²) in [7, 11) is 0. The zero-order chi connectivity index (χ0) is 15.1. The fourth-order valence-electron chi connectivity index (χ4n) is 2.12. The average Bonchev–Trinajstić information content (AvgIpc) is 2.43. The van der Waals surface area contributed by atoms with Gasteiger partial charge in [-0.05, 0) is 51.1 Å². The number of anilines is 1. The Labute approximate surface area is 127 Å². The maximum atomic E-state index is 12.3. The van der Waals surface area contributed by atoms with Crippen molar-refractivity contribution in [2.75, 3.05) is 18.4 Å². The average molecular weight is 297 g/mol. The highest BCUT2D eigenvalue weighted by atomic mass is 35.5. The number of aryl methyl sites for hydroxylation is 1. The molecule has 0 bridgehead atoms. The van der Waals surface area contributed by atoms with Crippen LogP contribution in [0.5, 0.6) is 0 Å². The molecule has 20 heavy (non-hydrogen) atoms. The summed E-state index contributed by atoms with van der Waals surface area (Å²) >= 11 is 5.98. The SMILES string of the molecule is CCCCN(CC)C(C)C(=O)Nc1cc(Cl)ccc1C. The fourth-order valence-corrected chi connectivity index (χ4v) is 2.29. The number of hydrogen-bond acceptors (Lipinski definition) is 2. The van der Waals surface area contributed by atoms with E-state index in [0.717, 1.165) is 37.2 Å². The highest BCUT2D eigenvalue weighted by Crippen LogP contribution is 2.20. The Bertz CT molecular complexity index is 448. The maximum absolute atomic E-state index is 12.3. The molecule has 112 valence electrons. The predicted molar refractivity (Wildman–Crippen MR) is 86.4 cm³/mol. The van der Waals surface area contributed by atoms with Gasteiger partial charge < -0.3 is 5.32 Å². The number of hydrogen-bond donors (Lipinski definition) is 1. The molecule has 0 saturated heterocycles. The summed E-state index contributed by atoms with van der Waals surface area (Å²) < 4.78 is 0. The molecule has 0 radical (unpaired) electrons. The molecule has 1 aromatic rings. The van der Waals surface area contributed by atoms with Gasteiger partial charge in [0.15, 0.2) is 0 Å². The van der Waals surface area contributed by atoms with Gasteiger partial charge >= 0.3 is 0 Å². The van der Waals surface area contributed by atoms with Crippen molar-refractivity contribution in [3.8, 4) is 0 Å². The number of carbonyl (C=O) groups excluding carboxylic acids is 1. The van der Waals surface area contributed by atoms with Crippen molar-refractivity contribution in [2.45, 2.75) is 46.6 Å². The Kier molecular flexibility index (Phi) is 7.03. The molecule has 1 amide bonds. The van der Waals surface area contributed by atoms with Gasteiger partial charge in [-0.2, -0.15) is 0 Å². The highest BCUT2D eigenvalue weighted by molar-refractivity contribution is 6.31. The van der Waals surface area contributed by atoms with E-state index in [1.165, 1.54) is 0 Å². The molecular weight excluding hydrogens is 272 g/mol. The normalized spacial score (nSPS) is 12.5. The fraction of sp³-hybridized carbons (Fsp3) is 0.562. The number of rotatable bonds is 7.